The van der Waals surface area contributed by atoms with Gasteiger partial charge in [-0.15, -0.1) is 0 Å². The number of hydrogen-bond donors (Lipinski definition) is 1. The second-order valence-electron chi connectivity index (χ2n) is 8.31. The number of nitrogens with one attached hydrogen (secondary N) is 1. The van der Waals surface area contributed by atoms with Crippen molar-refractivity contribution >= 4 is 16.7 Å². The van der Waals surface area contributed by atoms with Crippen LogP contribution in [-0.2, 0) is 0 Å². The van der Waals surface area contributed by atoms with Gasteiger partial charge in [-0.3, -0.25) is 9.88 Å². The van der Waals surface area contributed by atoms with Gasteiger partial charge in [-0.1, -0.05) is 0 Å². The molecule has 1 fully saturated rings. The fourth-order valence-corrected chi connectivity index (χ4v) is 4.30. The van der Waals surface area contributed by atoms with Gasteiger partial charge in [0.1, 0.15) is 35.3 Å². The minimum atomic E-state index is -0.636. The van der Waals surface area contributed by atoms with E-state index in [1.807, 2.05) is 18.2 Å². The van der Waals surface area contributed by atoms with Crippen LogP contribution in [0.15, 0.2) is 54.9 Å². The Morgan fingerprint density at radius 3 is 2.44 bits per heavy atom. The summed E-state index contributed by atoms with van der Waals surface area (Å²) in [7, 11) is 1.78. The van der Waals surface area contributed by atoms with Gasteiger partial charge in [0.05, 0.1) is 0 Å². The van der Waals surface area contributed by atoms with Crippen molar-refractivity contribution in [3.8, 4) is 28.3 Å². The Morgan fingerprint density at radius 2 is 1.74 bits per heavy atom. The molecule has 8 heteroatoms. The highest BCUT2D eigenvalue weighted by molar-refractivity contribution is 5.97. The van der Waals surface area contributed by atoms with Crippen molar-refractivity contribution in [3.05, 3.63) is 66.5 Å². The van der Waals surface area contributed by atoms with Crippen LogP contribution in [0.1, 0.15) is 12.8 Å². The summed E-state index contributed by atoms with van der Waals surface area (Å²) < 4.78 is 34.2. The Balaban J connectivity index is 1.62. The number of likely N-dealkylation sites (tertiary alicyclic amines) is 1. The van der Waals surface area contributed by atoms with E-state index in [4.69, 9.17) is 9.72 Å². The summed E-state index contributed by atoms with van der Waals surface area (Å²) in [4.78, 5) is 16.0. The monoisotopic (exact) mass is 461 g/mol. The average molecular weight is 462 g/mol. The number of fused-ring (bicyclic) bond motifs is 1. The van der Waals surface area contributed by atoms with Crippen molar-refractivity contribution in [1.82, 2.24) is 19.9 Å². The van der Waals surface area contributed by atoms with Crippen LogP contribution in [0.4, 0.5) is 14.6 Å². The van der Waals surface area contributed by atoms with Crippen LogP contribution in [0.25, 0.3) is 33.4 Å². The van der Waals surface area contributed by atoms with E-state index in [1.165, 1.54) is 25.0 Å². The third kappa shape index (κ3) is 4.68. The lowest BCUT2D eigenvalue weighted by Crippen LogP contribution is -2.25. The van der Waals surface area contributed by atoms with Gasteiger partial charge in [-0.2, -0.15) is 0 Å². The molecule has 2 aromatic heterocycles. The van der Waals surface area contributed by atoms with Crippen LogP contribution in [0.3, 0.4) is 0 Å². The lowest BCUT2D eigenvalue weighted by molar-refractivity contribution is 0.239. The number of benzene rings is 2. The molecule has 2 aromatic carbocycles. The van der Waals surface area contributed by atoms with E-state index in [1.54, 1.807) is 25.5 Å². The van der Waals surface area contributed by atoms with Crippen molar-refractivity contribution in [2.45, 2.75) is 12.8 Å². The van der Waals surface area contributed by atoms with Crippen LogP contribution in [0.5, 0.6) is 5.75 Å². The number of pyridine rings is 1. The standard InChI is InChI=1S/C26H25F2N5O/c1-29-26-22-13-19(18-11-20(27)15-21(28)12-18)14-23(34-10-9-33-7-2-3-8-33)24(22)31-25(32-26)17-5-4-6-30-16-17/h4-6,11-16H,2-3,7-10H2,1H3,(H,29,31,32). The number of hydrogen-bond acceptors (Lipinski definition) is 6. The van der Waals surface area contributed by atoms with Crippen molar-refractivity contribution < 1.29 is 13.5 Å². The minimum absolute atomic E-state index is 0.419. The summed E-state index contributed by atoms with van der Waals surface area (Å²) in [6.45, 7) is 3.44. The van der Waals surface area contributed by atoms with E-state index in [0.717, 1.165) is 31.3 Å². The number of halogens is 2. The Morgan fingerprint density at radius 1 is 0.971 bits per heavy atom. The van der Waals surface area contributed by atoms with Gasteiger partial charge in [-0.25, -0.2) is 18.7 Å². The van der Waals surface area contributed by atoms with Gasteiger partial charge in [0.25, 0.3) is 0 Å². The van der Waals surface area contributed by atoms with E-state index < -0.39 is 11.6 Å². The molecule has 0 radical (unpaired) electrons. The Labute approximate surface area is 196 Å². The normalized spacial score (nSPS) is 14.0. The largest absolute Gasteiger partial charge is 0.490 e. The Kier molecular flexibility index (Phi) is 6.31. The van der Waals surface area contributed by atoms with Crippen LogP contribution < -0.4 is 10.1 Å². The second-order valence-corrected chi connectivity index (χ2v) is 8.31. The zero-order chi connectivity index (χ0) is 23.5. The molecule has 34 heavy (non-hydrogen) atoms. The van der Waals surface area contributed by atoms with Crippen LogP contribution in [-0.4, -0.2) is 53.1 Å². The molecule has 5 rings (SSSR count). The maximum Gasteiger partial charge on any atom is 0.163 e. The van der Waals surface area contributed by atoms with Crippen LogP contribution in [0, 0.1) is 11.6 Å². The fourth-order valence-electron chi connectivity index (χ4n) is 4.30. The predicted octanol–water partition coefficient (Wildman–Crippen LogP) is 5.15. The summed E-state index contributed by atoms with van der Waals surface area (Å²) >= 11 is 0. The SMILES string of the molecule is CNc1nc(-c2cccnc2)nc2c(OCCN3CCCC3)cc(-c3cc(F)cc(F)c3)cc12. The van der Waals surface area contributed by atoms with Gasteiger partial charge in [-0.05, 0) is 73.5 Å². The average Bonchev–Trinajstić information content (AvgIpc) is 3.37. The maximum absolute atomic E-state index is 14.0. The third-order valence-electron chi connectivity index (χ3n) is 5.98. The highest BCUT2D eigenvalue weighted by Gasteiger charge is 2.17. The van der Waals surface area contributed by atoms with Gasteiger partial charge in [0.2, 0.25) is 0 Å². The van der Waals surface area contributed by atoms with Gasteiger partial charge in [0, 0.05) is 43.0 Å². The molecule has 0 unspecified atom stereocenters. The molecule has 0 aliphatic carbocycles. The maximum atomic E-state index is 14.0. The third-order valence-corrected chi connectivity index (χ3v) is 5.98. The van der Waals surface area contributed by atoms with Gasteiger partial charge < -0.3 is 10.1 Å². The summed E-state index contributed by atoms with van der Waals surface area (Å²) in [5, 5.41) is 3.83. The van der Waals surface area contributed by atoms with Crippen molar-refractivity contribution in [3.63, 3.8) is 0 Å². The van der Waals surface area contributed by atoms with E-state index in [2.05, 4.69) is 20.2 Å². The lowest BCUT2D eigenvalue weighted by Gasteiger charge is -2.17. The summed E-state index contributed by atoms with van der Waals surface area (Å²) in [6, 6.07) is 10.8. The fraction of sp³-hybridized carbons (Fsp3) is 0.269. The first-order valence-corrected chi connectivity index (χ1v) is 11.4. The number of aromatic nitrogens is 3. The van der Waals surface area contributed by atoms with Crippen LogP contribution >= 0.6 is 0 Å². The smallest absolute Gasteiger partial charge is 0.163 e. The highest BCUT2D eigenvalue weighted by atomic mass is 19.1. The molecular weight excluding hydrogens is 436 g/mol. The number of anilines is 1. The second kappa shape index (κ2) is 9.69. The first-order valence-electron chi connectivity index (χ1n) is 11.4. The highest BCUT2D eigenvalue weighted by Crippen LogP contribution is 2.36. The summed E-state index contributed by atoms with van der Waals surface area (Å²) in [5.41, 5.74) is 2.44. The molecule has 0 bridgehead atoms. The number of nitrogens with zero attached hydrogens (tertiary/aromatic N) is 4. The van der Waals surface area contributed by atoms with Crippen LogP contribution in [0.2, 0.25) is 0 Å². The first-order chi connectivity index (χ1) is 16.6. The number of ether oxygens (including phenoxy) is 1. The molecule has 3 heterocycles. The zero-order valence-electron chi connectivity index (χ0n) is 18.9. The molecule has 1 N–H and O–H groups in total. The zero-order valence-corrected chi connectivity index (χ0v) is 18.9. The van der Waals surface area contributed by atoms with E-state index >= 15 is 0 Å². The number of rotatable bonds is 7. The Bertz CT molecular complexity index is 1290. The van der Waals surface area contributed by atoms with Crippen molar-refractivity contribution in [2.24, 2.45) is 0 Å². The quantitative estimate of drug-likeness (QED) is 0.411. The Hall–Kier alpha value is -3.65. The van der Waals surface area contributed by atoms with Gasteiger partial charge >= 0.3 is 0 Å². The lowest BCUT2D eigenvalue weighted by atomic mass is 10.0. The molecule has 0 atom stereocenters. The first kappa shape index (κ1) is 22.2. The molecule has 1 saturated heterocycles. The molecule has 0 spiro atoms. The molecule has 4 aromatic rings. The van der Waals surface area contributed by atoms with E-state index in [9.17, 15) is 8.78 Å². The molecule has 1 aliphatic rings. The van der Waals surface area contributed by atoms with Crippen molar-refractivity contribution in [1.29, 1.82) is 0 Å². The van der Waals surface area contributed by atoms with E-state index in [0.29, 0.717) is 46.0 Å². The summed E-state index contributed by atoms with van der Waals surface area (Å²) in [6.07, 6.45) is 5.81. The minimum Gasteiger partial charge on any atom is -0.490 e. The van der Waals surface area contributed by atoms with Crippen molar-refractivity contribution in [2.75, 3.05) is 38.6 Å². The molecule has 6 nitrogen and oxygen atoms in total. The van der Waals surface area contributed by atoms with Gasteiger partial charge in [0.15, 0.2) is 5.82 Å². The summed E-state index contributed by atoms with van der Waals surface area (Å²) in [5.74, 6) is 0.374. The topological polar surface area (TPSA) is 63.2 Å². The predicted molar refractivity (Wildman–Crippen MR) is 129 cm³/mol. The van der Waals surface area contributed by atoms with E-state index in [-0.39, 0.29) is 0 Å². The molecule has 174 valence electrons. The molecule has 0 saturated carbocycles. The molecule has 0 amide bonds. The molecule has 1 aliphatic heterocycles. The molecular formula is C26H25F2N5O.